The van der Waals surface area contributed by atoms with Crippen LogP contribution in [0.5, 0.6) is 0 Å². The van der Waals surface area contributed by atoms with E-state index in [0.29, 0.717) is 5.57 Å². The van der Waals surface area contributed by atoms with Gasteiger partial charge in [0.2, 0.25) is 5.12 Å². The van der Waals surface area contributed by atoms with E-state index < -0.39 is 0 Å². The maximum absolute atomic E-state index is 11.3. The van der Waals surface area contributed by atoms with E-state index in [1.807, 2.05) is 12.1 Å². The third kappa shape index (κ3) is 1.99. The second-order valence-electron chi connectivity index (χ2n) is 2.70. The molecule has 0 aromatic carbocycles. The Labute approximate surface area is 97.5 Å². The number of halogens is 1. The van der Waals surface area contributed by atoms with Gasteiger partial charge in [-0.15, -0.1) is 11.3 Å². The van der Waals surface area contributed by atoms with Crippen molar-refractivity contribution in [3.05, 3.63) is 26.4 Å². The van der Waals surface area contributed by atoms with E-state index in [-0.39, 0.29) is 16.7 Å². The average molecular weight is 289 g/mol. The molecular formula is C9H5BrO2S2. The summed E-state index contributed by atoms with van der Waals surface area (Å²) in [5, 5.41) is -0.112. The average Bonchev–Trinajstić information content (AvgIpc) is 2.67. The number of hydrogen-bond acceptors (Lipinski definition) is 4. The van der Waals surface area contributed by atoms with Crippen LogP contribution in [0, 0.1) is 0 Å². The molecule has 1 aliphatic heterocycles. The lowest BCUT2D eigenvalue weighted by molar-refractivity contribution is -0.115. The number of thiophene rings is 1. The van der Waals surface area contributed by atoms with Crippen LogP contribution in [0.25, 0.3) is 6.08 Å². The molecule has 0 atom stereocenters. The number of ketones is 1. The van der Waals surface area contributed by atoms with Gasteiger partial charge in [-0.1, -0.05) is 11.8 Å². The van der Waals surface area contributed by atoms with Gasteiger partial charge in [0, 0.05) is 4.88 Å². The van der Waals surface area contributed by atoms with Gasteiger partial charge in [0.05, 0.1) is 15.1 Å². The summed E-state index contributed by atoms with van der Waals surface area (Å²) in [5.74, 6) is 0.224. The molecule has 0 radical (unpaired) electrons. The molecule has 1 saturated heterocycles. The molecule has 2 nitrogen and oxygen atoms in total. The quantitative estimate of drug-likeness (QED) is 0.589. The van der Waals surface area contributed by atoms with E-state index in [2.05, 4.69) is 15.9 Å². The molecule has 1 aromatic rings. The van der Waals surface area contributed by atoms with Gasteiger partial charge in [-0.3, -0.25) is 9.59 Å². The minimum atomic E-state index is -0.112. The van der Waals surface area contributed by atoms with Gasteiger partial charge in [0.1, 0.15) is 0 Å². The lowest BCUT2D eigenvalue weighted by Crippen LogP contribution is -1.99. The first-order valence-corrected chi connectivity index (χ1v) is 6.43. The summed E-state index contributed by atoms with van der Waals surface area (Å²) in [5.41, 5.74) is 0.323. The van der Waals surface area contributed by atoms with E-state index in [4.69, 9.17) is 0 Å². The van der Waals surface area contributed by atoms with E-state index >= 15 is 0 Å². The van der Waals surface area contributed by atoms with Crippen molar-refractivity contribution in [1.29, 1.82) is 0 Å². The van der Waals surface area contributed by atoms with Crippen LogP contribution >= 0.6 is 39.0 Å². The number of carbonyl (C=O) groups is 2. The molecular weight excluding hydrogens is 284 g/mol. The summed E-state index contributed by atoms with van der Waals surface area (Å²) in [4.78, 5) is 23.5. The fourth-order valence-electron chi connectivity index (χ4n) is 1.09. The fourth-order valence-corrected chi connectivity index (χ4v) is 3.20. The standard InChI is InChI=1S/C9H5BrO2S2/c10-8-2-1-5(14-8)3-6-7(11)4-13-9(6)12/h1-3H,4H2. The zero-order valence-corrected chi connectivity index (χ0v) is 10.2. The normalized spacial score (nSPS) is 19.6. The number of Topliss-reactive ketones (excluding diaryl/α,β-unsaturated/α-hetero) is 1. The summed E-state index contributed by atoms with van der Waals surface area (Å²) < 4.78 is 0.995. The van der Waals surface area contributed by atoms with Crippen molar-refractivity contribution < 1.29 is 9.59 Å². The monoisotopic (exact) mass is 288 g/mol. The Bertz CT molecular complexity index is 416. The van der Waals surface area contributed by atoms with Crippen molar-refractivity contribution in [2.24, 2.45) is 0 Å². The van der Waals surface area contributed by atoms with Crippen LogP contribution in [0.2, 0.25) is 0 Å². The van der Waals surface area contributed by atoms with Gasteiger partial charge >= 0.3 is 0 Å². The first-order chi connectivity index (χ1) is 6.66. The Morgan fingerprint density at radius 3 is 2.64 bits per heavy atom. The molecule has 0 amide bonds. The predicted molar refractivity (Wildman–Crippen MR) is 62.5 cm³/mol. The van der Waals surface area contributed by atoms with Crippen molar-refractivity contribution in [3.63, 3.8) is 0 Å². The molecule has 0 saturated carbocycles. The van der Waals surface area contributed by atoms with Crippen molar-refractivity contribution >= 4 is 56.0 Å². The second-order valence-corrected chi connectivity index (χ2v) is 6.14. The molecule has 0 N–H and O–H groups in total. The maximum atomic E-state index is 11.3. The molecule has 2 heterocycles. The zero-order chi connectivity index (χ0) is 10.1. The smallest absolute Gasteiger partial charge is 0.223 e. The molecule has 72 valence electrons. The minimum absolute atomic E-state index is 0.0653. The Balaban J connectivity index is 2.34. The van der Waals surface area contributed by atoms with E-state index in [9.17, 15) is 9.59 Å². The molecule has 1 fully saturated rings. The highest BCUT2D eigenvalue weighted by Gasteiger charge is 2.26. The second kappa shape index (κ2) is 4.00. The lowest BCUT2D eigenvalue weighted by Gasteiger charge is -1.89. The highest BCUT2D eigenvalue weighted by atomic mass is 79.9. The first kappa shape index (κ1) is 10.1. The summed E-state index contributed by atoms with van der Waals surface area (Å²) in [6.45, 7) is 0. The summed E-state index contributed by atoms with van der Waals surface area (Å²) in [6, 6.07) is 3.78. The minimum Gasteiger partial charge on any atom is -0.293 e. The Morgan fingerprint density at radius 1 is 1.36 bits per heavy atom. The summed E-state index contributed by atoms with van der Waals surface area (Å²) >= 11 is 5.91. The topological polar surface area (TPSA) is 34.1 Å². The number of carbonyl (C=O) groups excluding carboxylic acids is 2. The van der Waals surface area contributed by atoms with Crippen LogP contribution < -0.4 is 0 Å². The van der Waals surface area contributed by atoms with Crippen molar-refractivity contribution in [1.82, 2.24) is 0 Å². The SMILES string of the molecule is O=C1CSC(=O)C1=Cc1ccc(Br)s1. The van der Waals surface area contributed by atoms with Crippen LogP contribution in [0.3, 0.4) is 0 Å². The van der Waals surface area contributed by atoms with Crippen molar-refractivity contribution in [3.8, 4) is 0 Å². The van der Waals surface area contributed by atoms with Gasteiger partial charge in [-0.05, 0) is 34.1 Å². The molecule has 1 aromatic heterocycles. The van der Waals surface area contributed by atoms with Crippen LogP contribution in [0.15, 0.2) is 21.5 Å². The third-order valence-electron chi connectivity index (χ3n) is 1.74. The van der Waals surface area contributed by atoms with Crippen LogP contribution in [-0.4, -0.2) is 16.7 Å². The molecule has 0 spiro atoms. The van der Waals surface area contributed by atoms with Gasteiger partial charge in [-0.25, -0.2) is 0 Å². The van der Waals surface area contributed by atoms with Gasteiger partial charge in [-0.2, -0.15) is 0 Å². The van der Waals surface area contributed by atoms with Crippen LogP contribution in [-0.2, 0) is 9.59 Å². The Morgan fingerprint density at radius 2 is 2.14 bits per heavy atom. The van der Waals surface area contributed by atoms with Crippen LogP contribution in [0.4, 0.5) is 0 Å². The van der Waals surface area contributed by atoms with Gasteiger partial charge in [0.25, 0.3) is 0 Å². The third-order valence-corrected chi connectivity index (χ3v) is 4.19. The molecule has 5 heteroatoms. The largest absolute Gasteiger partial charge is 0.293 e. The summed E-state index contributed by atoms with van der Waals surface area (Å²) in [7, 11) is 0. The van der Waals surface area contributed by atoms with Gasteiger partial charge in [0.15, 0.2) is 5.78 Å². The van der Waals surface area contributed by atoms with Crippen LogP contribution in [0.1, 0.15) is 4.88 Å². The van der Waals surface area contributed by atoms with Gasteiger partial charge < -0.3 is 0 Å². The Kier molecular flexibility index (Phi) is 2.90. The van der Waals surface area contributed by atoms with Crippen molar-refractivity contribution in [2.75, 3.05) is 5.75 Å². The Hall–Kier alpha value is -0.390. The molecule has 1 aliphatic rings. The number of thioether (sulfide) groups is 1. The predicted octanol–water partition coefficient (Wildman–Crippen LogP) is 2.74. The molecule has 2 rings (SSSR count). The lowest BCUT2D eigenvalue weighted by atomic mass is 10.2. The number of hydrogen-bond donors (Lipinski definition) is 0. The molecule has 0 aliphatic carbocycles. The van der Waals surface area contributed by atoms with E-state index in [1.165, 1.54) is 11.3 Å². The zero-order valence-electron chi connectivity index (χ0n) is 6.95. The highest BCUT2D eigenvalue weighted by molar-refractivity contribution is 9.11. The molecule has 0 unspecified atom stereocenters. The highest BCUT2D eigenvalue weighted by Crippen LogP contribution is 2.28. The fraction of sp³-hybridized carbons (Fsp3) is 0.111. The molecule has 0 bridgehead atoms. The number of rotatable bonds is 1. The summed E-state index contributed by atoms with van der Waals surface area (Å²) in [6.07, 6.45) is 1.67. The first-order valence-electron chi connectivity index (χ1n) is 3.84. The van der Waals surface area contributed by atoms with E-state index in [0.717, 1.165) is 20.4 Å². The van der Waals surface area contributed by atoms with E-state index in [1.54, 1.807) is 6.08 Å². The van der Waals surface area contributed by atoms with Crippen molar-refractivity contribution in [2.45, 2.75) is 0 Å². The maximum Gasteiger partial charge on any atom is 0.223 e. The molecule has 14 heavy (non-hydrogen) atoms.